The van der Waals surface area contributed by atoms with Gasteiger partial charge in [0.2, 0.25) is 0 Å². The van der Waals surface area contributed by atoms with Gasteiger partial charge in [0.05, 0.1) is 5.56 Å². The lowest BCUT2D eigenvalue weighted by molar-refractivity contribution is 0.0956. The van der Waals surface area contributed by atoms with Crippen molar-refractivity contribution in [2.24, 2.45) is 0 Å². The maximum atomic E-state index is 12.9. The molecule has 3 N–H and O–H groups in total. The molecule has 1 rings (SSSR count). The molecule has 1 amide bonds. The highest BCUT2D eigenvalue weighted by molar-refractivity contribution is 7.84. The quantitative estimate of drug-likeness (QED) is 0.758. The molecule has 0 saturated carbocycles. The number of amides is 1. The highest BCUT2D eigenvalue weighted by Gasteiger charge is 2.10. The third-order valence-corrected chi connectivity index (χ3v) is 2.71. The minimum absolute atomic E-state index is 0.0990. The van der Waals surface area contributed by atoms with Gasteiger partial charge in [0.1, 0.15) is 5.82 Å². The van der Waals surface area contributed by atoms with Crippen molar-refractivity contribution in [3.63, 3.8) is 0 Å². The van der Waals surface area contributed by atoms with Gasteiger partial charge in [0.25, 0.3) is 5.91 Å². The molecule has 4 nitrogen and oxygen atoms in total. The molecule has 0 aliphatic carbocycles. The van der Waals surface area contributed by atoms with E-state index in [0.29, 0.717) is 5.75 Å². The molecule has 0 radical (unpaired) electrons. The van der Waals surface area contributed by atoms with Crippen LogP contribution in [0.15, 0.2) is 18.2 Å². The van der Waals surface area contributed by atoms with Crippen LogP contribution in [0.4, 0.5) is 10.1 Å². The molecular weight excluding hydrogens is 231 g/mol. The van der Waals surface area contributed by atoms with E-state index < -0.39 is 22.5 Å². The number of hydrogen-bond acceptors (Lipinski definition) is 3. The first kappa shape index (κ1) is 12.6. The van der Waals surface area contributed by atoms with E-state index in [9.17, 15) is 13.4 Å². The topological polar surface area (TPSA) is 72.2 Å². The van der Waals surface area contributed by atoms with E-state index >= 15 is 0 Å². The van der Waals surface area contributed by atoms with E-state index in [0.717, 1.165) is 6.07 Å². The monoisotopic (exact) mass is 244 g/mol. The Morgan fingerprint density at radius 1 is 1.56 bits per heavy atom. The van der Waals surface area contributed by atoms with Gasteiger partial charge in [-0.15, -0.1) is 0 Å². The maximum absolute atomic E-state index is 12.9. The van der Waals surface area contributed by atoms with E-state index in [1.54, 1.807) is 6.26 Å². The molecule has 1 unspecified atom stereocenters. The largest absolute Gasteiger partial charge is 0.398 e. The van der Waals surface area contributed by atoms with Crippen LogP contribution in [0, 0.1) is 5.82 Å². The smallest absolute Gasteiger partial charge is 0.253 e. The van der Waals surface area contributed by atoms with Gasteiger partial charge in [-0.2, -0.15) is 0 Å². The molecule has 1 atom stereocenters. The van der Waals surface area contributed by atoms with Crippen LogP contribution < -0.4 is 11.1 Å². The van der Waals surface area contributed by atoms with Gasteiger partial charge in [-0.3, -0.25) is 9.00 Å². The number of benzene rings is 1. The first-order valence-corrected chi connectivity index (χ1v) is 6.36. The summed E-state index contributed by atoms with van der Waals surface area (Å²) >= 11 is 0. The summed E-state index contributed by atoms with van der Waals surface area (Å²) in [5.41, 5.74) is 5.85. The van der Waals surface area contributed by atoms with Gasteiger partial charge in [0.15, 0.2) is 0 Å². The second kappa shape index (κ2) is 5.60. The number of nitrogen functional groups attached to an aromatic ring is 1. The zero-order chi connectivity index (χ0) is 12.1. The second-order valence-corrected chi connectivity index (χ2v) is 4.82. The summed E-state index contributed by atoms with van der Waals surface area (Å²) in [4.78, 5) is 11.5. The van der Waals surface area contributed by atoms with Gasteiger partial charge in [-0.05, 0) is 18.2 Å². The minimum Gasteiger partial charge on any atom is -0.398 e. The number of anilines is 1. The first-order valence-electron chi connectivity index (χ1n) is 4.64. The van der Waals surface area contributed by atoms with Crippen molar-refractivity contribution in [1.82, 2.24) is 5.32 Å². The standard InChI is InChI=1S/C10H13FN2O2S/c1-16(15)5-4-13-10(14)8-6-7(11)2-3-9(8)12/h2-3,6H,4-5,12H2,1H3,(H,13,14). The maximum Gasteiger partial charge on any atom is 0.253 e. The van der Waals surface area contributed by atoms with E-state index in [-0.39, 0.29) is 17.8 Å². The highest BCUT2D eigenvalue weighted by atomic mass is 32.2. The zero-order valence-corrected chi connectivity index (χ0v) is 9.64. The minimum atomic E-state index is -0.968. The molecule has 0 aromatic heterocycles. The van der Waals surface area contributed by atoms with Gasteiger partial charge in [-0.1, -0.05) is 0 Å². The average molecular weight is 244 g/mol. The van der Waals surface area contributed by atoms with Crippen molar-refractivity contribution in [1.29, 1.82) is 0 Å². The Balaban J connectivity index is 2.65. The Morgan fingerprint density at radius 2 is 2.25 bits per heavy atom. The number of nitrogens with one attached hydrogen (secondary N) is 1. The molecule has 0 aliphatic rings. The van der Waals surface area contributed by atoms with Crippen LogP contribution >= 0.6 is 0 Å². The van der Waals surface area contributed by atoms with E-state index in [2.05, 4.69) is 5.32 Å². The number of nitrogens with two attached hydrogens (primary N) is 1. The number of halogens is 1. The van der Waals surface area contributed by atoms with Crippen LogP contribution in [0.1, 0.15) is 10.4 Å². The summed E-state index contributed by atoms with van der Waals surface area (Å²) in [5, 5.41) is 2.52. The molecule has 16 heavy (non-hydrogen) atoms. The normalized spacial score (nSPS) is 12.1. The summed E-state index contributed by atoms with van der Waals surface area (Å²) in [6, 6.07) is 3.60. The van der Waals surface area contributed by atoms with E-state index in [1.807, 2.05) is 0 Å². The summed E-state index contributed by atoms with van der Waals surface area (Å²) in [5.74, 6) is -0.609. The fourth-order valence-electron chi connectivity index (χ4n) is 1.13. The van der Waals surface area contributed by atoms with Gasteiger partial charge in [-0.25, -0.2) is 4.39 Å². The van der Waals surface area contributed by atoms with E-state index in [1.165, 1.54) is 12.1 Å². The van der Waals surface area contributed by atoms with Gasteiger partial charge in [0, 0.05) is 35.0 Å². The lowest BCUT2D eigenvalue weighted by Crippen LogP contribution is -2.28. The SMILES string of the molecule is CS(=O)CCNC(=O)c1cc(F)ccc1N. The van der Waals surface area contributed by atoms with Crippen LogP contribution in [0.25, 0.3) is 0 Å². The number of rotatable bonds is 4. The Kier molecular flexibility index (Phi) is 4.42. The number of hydrogen-bond donors (Lipinski definition) is 2. The van der Waals surface area contributed by atoms with E-state index in [4.69, 9.17) is 5.73 Å². The van der Waals surface area contributed by atoms with Gasteiger partial charge >= 0.3 is 0 Å². The zero-order valence-electron chi connectivity index (χ0n) is 8.83. The van der Waals surface area contributed by atoms with Crippen LogP contribution in [-0.2, 0) is 10.8 Å². The molecule has 0 saturated heterocycles. The summed E-state index contributed by atoms with van der Waals surface area (Å²) < 4.78 is 23.6. The lowest BCUT2D eigenvalue weighted by atomic mass is 10.1. The van der Waals surface area contributed by atoms with Crippen LogP contribution in [-0.4, -0.2) is 28.7 Å². The Hall–Kier alpha value is -1.43. The van der Waals surface area contributed by atoms with Crippen molar-refractivity contribution in [2.45, 2.75) is 0 Å². The summed E-state index contributed by atoms with van der Waals surface area (Å²) in [6.07, 6.45) is 1.54. The Bertz CT molecular complexity index is 423. The van der Waals surface area contributed by atoms with Crippen molar-refractivity contribution in [2.75, 3.05) is 24.3 Å². The second-order valence-electron chi connectivity index (χ2n) is 3.26. The fourth-order valence-corrected chi connectivity index (χ4v) is 1.52. The number of carbonyl (C=O) groups is 1. The third-order valence-electron chi connectivity index (χ3n) is 1.94. The van der Waals surface area contributed by atoms with Crippen LogP contribution in [0.5, 0.6) is 0 Å². The molecule has 88 valence electrons. The van der Waals surface area contributed by atoms with Crippen molar-refractivity contribution < 1.29 is 13.4 Å². The lowest BCUT2D eigenvalue weighted by Gasteiger charge is -2.06. The van der Waals surface area contributed by atoms with Crippen molar-refractivity contribution in [3.05, 3.63) is 29.6 Å². The van der Waals surface area contributed by atoms with Crippen LogP contribution in [0.2, 0.25) is 0 Å². The molecule has 0 aliphatic heterocycles. The molecule has 0 bridgehead atoms. The van der Waals surface area contributed by atoms with Crippen molar-refractivity contribution in [3.8, 4) is 0 Å². The molecule has 0 spiro atoms. The predicted molar refractivity (Wildman–Crippen MR) is 62.1 cm³/mol. The third kappa shape index (κ3) is 3.62. The Labute approximate surface area is 95.5 Å². The number of carbonyl (C=O) groups excluding carboxylic acids is 1. The summed E-state index contributed by atoms with van der Waals surface area (Å²) in [7, 11) is -0.968. The average Bonchev–Trinajstić information content (AvgIpc) is 2.21. The molecule has 1 aromatic rings. The molecule has 1 aromatic carbocycles. The predicted octanol–water partition coefficient (Wildman–Crippen LogP) is 0.516. The van der Waals surface area contributed by atoms with Gasteiger partial charge < -0.3 is 11.1 Å². The van der Waals surface area contributed by atoms with Crippen molar-refractivity contribution >= 4 is 22.4 Å². The molecule has 6 heteroatoms. The molecule has 0 fully saturated rings. The molecule has 0 heterocycles. The first-order chi connectivity index (χ1) is 7.50. The summed E-state index contributed by atoms with van der Waals surface area (Å²) in [6.45, 7) is 0.276. The Morgan fingerprint density at radius 3 is 2.88 bits per heavy atom. The molecular formula is C10H13FN2O2S. The van der Waals surface area contributed by atoms with Crippen LogP contribution in [0.3, 0.4) is 0 Å². The highest BCUT2D eigenvalue weighted by Crippen LogP contribution is 2.12. The fraction of sp³-hybridized carbons (Fsp3) is 0.300.